The lowest BCUT2D eigenvalue weighted by atomic mass is 9.98. The van der Waals surface area contributed by atoms with Crippen molar-refractivity contribution in [3.05, 3.63) is 57.6 Å². The Bertz CT molecular complexity index is 670. The van der Waals surface area contributed by atoms with Crippen molar-refractivity contribution in [1.29, 1.82) is 0 Å². The molecule has 0 spiro atoms. The summed E-state index contributed by atoms with van der Waals surface area (Å²) in [6.45, 7) is 0.918. The Kier molecular flexibility index (Phi) is 3.82. The van der Waals surface area contributed by atoms with Crippen LogP contribution in [-0.2, 0) is 0 Å². The highest BCUT2D eigenvalue weighted by molar-refractivity contribution is 9.10. The molecule has 0 bridgehead atoms. The second-order valence-electron chi connectivity index (χ2n) is 4.66. The zero-order valence-corrected chi connectivity index (χ0v) is 12.5. The zero-order valence-electron chi connectivity index (χ0n) is 10.9. The fourth-order valence-electron chi connectivity index (χ4n) is 2.27. The Morgan fingerprint density at radius 3 is 2.29 bits per heavy atom. The van der Waals surface area contributed by atoms with E-state index in [0.29, 0.717) is 34.7 Å². The summed E-state index contributed by atoms with van der Waals surface area (Å²) in [5, 5.41) is 0. The van der Waals surface area contributed by atoms with Crippen LogP contribution in [0.15, 0.2) is 34.8 Å². The van der Waals surface area contributed by atoms with Crippen molar-refractivity contribution in [3.8, 4) is 11.5 Å². The maximum atomic E-state index is 14.0. The van der Waals surface area contributed by atoms with Gasteiger partial charge in [0.05, 0.1) is 6.04 Å². The van der Waals surface area contributed by atoms with Crippen LogP contribution in [0.3, 0.4) is 0 Å². The number of hydrogen-bond acceptors (Lipinski definition) is 3. The van der Waals surface area contributed by atoms with Gasteiger partial charge < -0.3 is 15.2 Å². The molecule has 3 rings (SSSR count). The number of hydrogen-bond donors (Lipinski definition) is 1. The van der Waals surface area contributed by atoms with Crippen LogP contribution >= 0.6 is 15.9 Å². The molecule has 3 nitrogen and oxygen atoms in total. The second-order valence-corrected chi connectivity index (χ2v) is 5.58. The van der Waals surface area contributed by atoms with E-state index >= 15 is 0 Å². The molecule has 110 valence electrons. The smallest absolute Gasteiger partial charge is 0.161 e. The van der Waals surface area contributed by atoms with Crippen LogP contribution in [0.4, 0.5) is 8.78 Å². The van der Waals surface area contributed by atoms with Gasteiger partial charge in [-0.25, -0.2) is 8.78 Å². The summed E-state index contributed by atoms with van der Waals surface area (Å²) < 4.78 is 39.2. The zero-order chi connectivity index (χ0) is 15.0. The molecule has 2 N–H and O–H groups in total. The summed E-state index contributed by atoms with van der Waals surface area (Å²) in [7, 11) is 0. The molecule has 0 aromatic heterocycles. The lowest BCUT2D eigenvalue weighted by Crippen LogP contribution is -2.18. The van der Waals surface area contributed by atoms with Gasteiger partial charge in [-0.15, -0.1) is 0 Å². The van der Waals surface area contributed by atoms with Crippen LogP contribution in [0.5, 0.6) is 11.5 Å². The van der Waals surface area contributed by atoms with Gasteiger partial charge in [0.25, 0.3) is 0 Å². The first-order valence-electron chi connectivity index (χ1n) is 6.36. The highest BCUT2D eigenvalue weighted by Crippen LogP contribution is 2.35. The van der Waals surface area contributed by atoms with Crippen LogP contribution in [0, 0.1) is 11.6 Å². The molecule has 2 aromatic rings. The molecule has 0 saturated carbocycles. The third-order valence-electron chi connectivity index (χ3n) is 3.28. The Morgan fingerprint density at radius 1 is 1.00 bits per heavy atom. The lowest BCUT2D eigenvalue weighted by molar-refractivity contribution is 0.171. The summed E-state index contributed by atoms with van der Waals surface area (Å²) in [5.74, 6) is -0.241. The molecule has 21 heavy (non-hydrogen) atoms. The average molecular weight is 356 g/mol. The van der Waals surface area contributed by atoms with E-state index in [-0.39, 0.29) is 5.56 Å². The normalized spacial score (nSPS) is 14.9. The molecule has 1 aliphatic rings. The summed E-state index contributed by atoms with van der Waals surface area (Å²) in [5.41, 5.74) is 6.39. The standard InChI is InChI=1S/C15H12BrF2NO2/c16-9-6-10(17)14(11(18)7-9)15(19)8-1-2-12-13(5-8)21-4-3-20-12/h1-2,5-7,15H,3-4,19H2. The van der Waals surface area contributed by atoms with Gasteiger partial charge >= 0.3 is 0 Å². The highest BCUT2D eigenvalue weighted by atomic mass is 79.9. The minimum Gasteiger partial charge on any atom is -0.486 e. The average Bonchev–Trinajstić information content (AvgIpc) is 2.45. The molecule has 6 heteroatoms. The van der Waals surface area contributed by atoms with Crippen molar-refractivity contribution in [1.82, 2.24) is 0 Å². The molecule has 1 heterocycles. The molecule has 0 fully saturated rings. The van der Waals surface area contributed by atoms with Crippen molar-refractivity contribution < 1.29 is 18.3 Å². The largest absolute Gasteiger partial charge is 0.486 e. The molecule has 2 aromatic carbocycles. The van der Waals surface area contributed by atoms with Gasteiger partial charge in [-0.3, -0.25) is 0 Å². The Labute approximate surface area is 128 Å². The molecule has 1 aliphatic heterocycles. The quantitative estimate of drug-likeness (QED) is 0.895. The highest BCUT2D eigenvalue weighted by Gasteiger charge is 2.21. The number of halogens is 3. The molecule has 1 unspecified atom stereocenters. The van der Waals surface area contributed by atoms with E-state index in [1.165, 1.54) is 12.1 Å². The molecular formula is C15H12BrF2NO2. The summed E-state index contributed by atoms with van der Waals surface area (Å²) in [6, 6.07) is 6.48. The summed E-state index contributed by atoms with van der Waals surface area (Å²) in [6.07, 6.45) is 0. The summed E-state index contributed by atoms with van der Waals surface area (Å²) in [4.78, 5) is 0. The first kappa shape index (κ1) is 14.3. The fourth-order valence-corrected chi connectivity index (χ4v) is 2.67. The number of nitrogens with two attached hydrogens (primary N) is 1. The molecular weight excluding hydrogens is 344 g/mol. The molecule has 1 atom stereocenters. The van der Waals surface area contributed by atoms with Gasteiger partial charge in [0.2, 0.25) is 0 Å². The minimum absolute atomic E-state index is 0.171. The Balaban J connectivity index is 2.01. The fraction of sp³-hybridized carbons (Fsp3) is 0.200. The van der Waals surface area contributed by atoms with Crippen LogP contribution in [0.1, 0.15) is 17.2 Å². The minimum atomic E-state index is -0.922. The summed E-state index contributed by atoms with van der Waals surface area (Å²) >= 11 is 3.04. The van der Waals surface area contributed by atoms with E-state index in [4.69, 9.17) is 15.2 Å². The third-order valence-corrected chi connectivity index (χ3v) is 3.74. The number of rotatable bonds is 2. The van der Waals surface area contributed by atoms with E-state index in [9.17, 15) is 8.78 Å². The van der Waals surface area contributed by atoms with E-state index < -0.39 is 17.7 Å². The third kappa shape index (κ3) is 2.73. The maximum absolute atomic E-state index is 14.0. The Hall–Kier alpha value is -1.66. The predicted molar refractivity (Wildman–Crippen MR) is 77.5 cm³/mol. The topological polar surface area (TPSA) is 44.5 Å². The predicted octanol–water partition coefficient (Wildman–Crippen LogP) is 3.55. The van der Waals surface area contributed by atoms with Gasteiger partial charge in [0, 0.05) is 10.0 Å². The number of ether oxygens (including phenoxy) is 2. The van der Waals surface area contributed by atoms with Gasteiger partial charge in [-0.05, 0) is 29.8 Å². The SMILES string of the molecule is NC(c1ccc2c(c1)OCCO2)c1c(F)cc(Br)cc1F. The maximum Gasteiger partial charge on any atom is 0.161 e. The van der Waals surface area contributed by atoms with Crippen molar-refractivity contribution in [3.63, 3.8) is 0 Å². The molecule has 0 aliphatic carbocycles. The van der Waals surface area contributed by atoms with E-state index in [1.54, 1.807) is 18.2 Å². The van der Waals surface area contributed by atoms with Crippen molar-refractivity contribution in [2.24, 2.45) is 5.73 Å². The number of benzene rings is 2. The van der Waals surface area contributed by atoms with E-state index in [1.807, 2.05) is 0 Å². The van der Waals surface area contributed by atoms with Crippen LogP contribution in [-0.4, -0.2) is 13.2 Å². The van der Waals surface area contributed by atoms with Gasteiger partial charge in [-0.2, -0.15) is 0 Å². The van der Waals surface area contributed by atoms with Crippen molar-refractivity contribution >= 4 is 15.9 Å². The van der Waals surface area contributed by atoms with Gasteiger partial charge in [0.15, 0.2) is 11.5 Å². The number of fused-ring (bicyclic) bond motifs is 1. The van der Waals surface area contributed by atoms with Crippen LogP contribution in [0.25, 0.3) is 0 Å². The molecule has 0 amide bonds. The van der Waals surface area contributed by atoms with Gasteiger partial charge in [0.1, 0.15) is 24.8 Å². The monoisotopic (exact) mass is 355 g/mol. The van der Waals surface area contributed by atoms with E-state index in [2.05, 4.69) is 15.9 Å². The first-order chi connectivity index (χ1) is 10.1. The van der Waals surface area contributed by atoms with Gasteiger partial charge in [-0.1, -0.05) is 22.0 Å². The first-order valence-corrected chi connectivity index (χ1v) is 7.15. The molecule has 0 radical (unpaired) electrons. The van der Waals surface area contributed by atoms with Crippen molar-refractivity contribution in [2.45, 2.75) is 6.04 Å². The Morgan fingerprint density at radius 2 is 1.62 bits per heavy atom. The lowest BCUT2D eigenvalue weighted by Gasteiger charge is -2.21. The molecule has 0 saturated heterocycles. The second kappa shape index (κ2) is 5.61. The van der Waals surface area contributed by atoms with Crippen LogP contribution < -0.4 is 15.2 Å². The van der Waals surface area contributed by atoms with E-state index in [0.717, 1.165) is 0 Å². The van der Waals surface area contributed by atoms with Crippen molar-refractivity contribution in [2.75, 3.05) is 13.2 Å². The van der Waals surface area contributed by atoms with Crippen LogP contribution in [0.2, 0.25) is 0 Å².